The molecule has 5 rings (SSSR count). The van der Waals surface area contributed by atoms with E-state index < -0.39 is 0 Å². The maximum atomic E-state index is 13.0. The van der Waals surface area contributed by atoms with Crippen molar-refractivity contribution in [2.75, 3.05) is 5.32 Å². The minimum atomic E-state index is -0.232. The largest absolute Gasteiger partial charge is 0.298 e. The summed E-state index contributed by atoms with van der Waals surface area (Å²) in [7, 11) is 0. The number of anilines is 1. The second kappa shape index (κ2) is 9.10. The number of thiazole rings is 1. The minimum Gasteiger partial charge on any atom is -0.298 e. The molecule has 0 unspecified atom stereocenters. The van der Waals surface area contributed by atoms with Crippen LogP contribution in [-0.2, 0) is 6.54 Å². The van der Waals surface area contributed by atoms with Crippen LogP contribution < -0.4 is 9.88 Å². The average molecular weight is 452 g/mol. The normalized spacial score (nSPS) is 10.8. The van der Waals surface area contributed by atoms with E-state index in [2.05, 4.69) is 10.3 Å². The van der Waals surface area contributed by atoms with Crippen molar-refractivity contribution in [3.05, 3.63) is 108 Å². The van der Waals surface area contributed by atoms with Crippen LogP contribution in [-0.4, -0.2) is 21.7 Å². The van der Waals surface area contributed by atoms with Crippen molar-refractivity contribution in [3.8, 4) is 11.3 Å². The standard InChI is InChI=1S/C26H18N4O2S/c31-24(19-6-2-1-3-7-19)17-30-13-10-18(11-14-30)23-16-21(20-8-4-5-9-22(20)28-23)25(32)29-26-27-12-15-33-26/h1-16H,17H2/p+1. The van der Waals surface area contributed by atoms with Crippen LogP contribution in [0.3, 0.4) is 0 Å². The summed E-state index contributed by atoms with van der Waals surface area (Å²) >= 11 is 1.37. The molecular weight excluding hydrogens is 432 g/mol. The Morgan fingerprint density at radius 2 is 1.70 bits per heavy atom. The Morgan fingerprint density at radius 1 is 0.939 bits per heavy atom. The highest BCUT2D eigenvalue weighted by molar-refractivity contribution is 7.13. The summed E-state index contributed by atoms with van der Waals surface area (Å²) in [4.78, 5) is 34.4. The lowest BCUT2D eigenvalue weighted by atomic mass is 10.0. The highest BCUT2D eigenvalue weighted by Gasteiger charge is 2.16. The lowest BCUT2D eigenvalue weighted by Gasteiger charge is -2.09. The van der Waals surface area contributed by atoms with Gasteiger partial charge in [-0.05, 0) is 12.1 Å². The number of hydrogen-bond acceptors (Lipinski definition) is 5. The Labute approximate surface area is 194 Å². The van der Waals surface area contributed by atoms with Crippen molar-refractivity contribution in [1.29, 1.82) is 0 Å². The molecule has 3 aromatic heterocycles. The van der Waals surface area contributed by atoms with E-state index in [1.165, 1.54) is 11.3 Å². The van der Waals surface area contributed by atoms with Crippen molar-refractivity contribution < 1.29 is 14.2 Å². The van der Waals surface area contributed by atoms with E-state index >= 15 is 0 Å². The Balaban J connectivity index is 1.44. The van der Waals surface area contributed by atoms with Crippen molar-refractivity contribution in [3.63, 3.8) is 0 Å². The Hall–Kier alpha value is -4.23. The van der Waals surface area contributed by atoms with Gasteiger partial charge in [-0.1, -0.05) is 48.5 Å². The summed E-state index contributed by atoms with van der Waals surface area (Å²) in [6.07, 6.45) is 5.35. The molecule has 0 aliphatic heterocycles. The van der Waals surface area contributed by atoms with E-state index in [1.54, 1.807) is 12.3 Å². The van der Waals surface area contributed by atoms with E-state index in [1.807, 2.05) is 89.1 Å². The molecule has 5 aromatic rings. The van der Waals surface area contributed by atoms with Crippen LogP contribution in [0.2, 0.25) is 0 Å². The molecule has 0 aliphatic rings. The Morgan fingerprint density at radius 3 is 2.45 bits per heavy atom. The Bertz CT molecular complexity index is 1430. The van der Waals surface area contributed by atoms with E-state index in [4.69, 9.17) is 4.98 Å². The van der Waals surface area contributed by atoms with Gasteiger partial charge in [-0.15, -0.1) is 11.3 Å². The highest BCUT2D eigenvalue weighted by atomic mass is 32.1. The molecule has 160 valence electrons. The quantitative estimate of drug-likeness (QED) is 0.298. The zero-order valence-corrected chi connectivity index (χ0v) is 18.3. The maximum Gasteiger partial charge on any atom is 0.258 e. The highest BCUT2D eigenvalue weighted by Crippen LogP contribution is 2.25. The number of Topliss-reactive ketones (excluding diaryl/α,β-unsaturated/α-hetero) is 1. The number of nitrogens with one attached hydrogen (secondary N) is 1. The van der Waals surface area contributed by atoms with Gasteiger partial charge in [-0.2, -0.15) is 4.57 Å². The average Bonchev–Trinajstić information content (AvgIpc) is 3.37. The number of carbonyl (C=O) groups excluding carboxylic acids is 2. The number of benzene rings is 2. The number of hydrogen-bond donors (Lipinski definition) is 1. The van der Waals surface area contributed by atoms with Crippen LogP contribution in [0.25, 0.3) is 22.2 Å². The number of para-hydroxylation sites is 1. The third-order valence-corrected chi connectivity index (χ3v) is 5.91. The van der Waals surface area contributed by atoms with Gasteiger partial charge in [0.15, 0.2) is 17.5 Å². The van der Waals surface area contributed by atoms with Crippen LogP contribution in [0.5, 0.6) is 0 Å². The molecule has 2 aromatic carbocycles. The van der Waals surface area contributed by atoms with Gasteiger partial charge >= 0.3 is 0 Å². The van der Waals surface area contributed by atoms with Gasteiger partial charge in [0.05, 0.1) is 16.8 Å². The monoisotopic (exact) mass is 451 g/mol. The molecule has 6 nitrogen and oxygen atoms in total. The number of fused-ring (bicyclic) bond motifs is 1. The van der Waals surface area contributed by atoms with Gasteiger partial charge in [0.25, 0.3) is 5.91 Å². The predicted molar refractivity (Wildman–Crippen MR) is 128 cm³/mol. The first kappa shape index (κ1) is 20.7. The number of ketones is 1. The van der Waals surface area contributed by atoms with Crippen LogP contribution >= 0.6 is 11.3 Å². The zero-order chi connectivity index (χ0) is 22.6. The molecule has 1 N–H and O–H groups in total. The number of nitrogens with zero attached hydrogens (tertiary/aromatic N) is 3. The number of aromatic nitrogens is 3. The third-order valence-electron chi connectivity index (χ3n) is 5.22. The SMILES string of the molecule is O=C(C[n+]1ccc(-c2cc(C(=O)Nc3nccs3)c3ccccc3n2)cc1)c1ccccc1. The molecule has 0 radical (unpaired) electrons. The fourth-order valence-corrected chi connectivity index (χ4v) is 4.10. The summed E-state index contributed by atoms with van der Waals surface area (Å²) in [5.41, 5.74) is 3.48. The Kier molecular flexibility index (Phi) is 5.70. The first-order chi connectivity index (χ1) is 16.2. The van der Waals surface area contributed by atoms with Crippen molar-refractivity contribution in [2.24, 2.45) is 0 Å². The van der Waals surface area contributed by atoms with Crippen LogP contribution in [0.4, 0.5) is 5.13 Å². The molecule has 1 amide bonds. The van der Waals surface area contributed by atoms with E-state index in [-0.39, 0.29) is 18.2 Å². The van der Waals surface area contributed by atoms with Crippen LogP contribution in [0.15, 0.2) is 96.8 Å². The molecule has 3 heterocycles. The summed E-state index contributed by atoms with van der Waals surface area (Å²) in [5, 5.41) is 5.99. The zero-order valence-electron chi connectivity index (χ0n) is 17.5. The fourth-order valence-electron chi connectivity index (χ4n) is 3.58. The van der Waals surface area contributed by atoms with Gasteiger partial charge in [0.1, 0.15) is 0 Å². The molecule has 7 heteroatoms. The molecule has 0 atom stereocenters. The number of rotatable bonds is 6. The number of pyridine rings is 2. The second-order valence-corrected chi connectivity index (χ2v) is 8.31. The van der Waals surface area contributed by atoms with Crippen LogP contribution in [0, 0.1) is 0 Å². The third kappa shape index (κ3) is 4.53. The molecule has 0 fully saturated rings. The lowest BCUT2D eigenvalue weighted by molar-refractivity contribution is -0.683. The summed E-state index contributed by atoms with van der Waals surface area (Å²) in [5.74, 6) is -0.192. The summed E-state index contributed by atoms with van der Waals surface area (Å²) in [6.45, 7) is 0.247. The van der Waals surface area contributed by atoms with E-state index in [9.17, 15) is 9.59 Å². The molecule has 0 saturated carbocycles. The lowest BCUT2D eigenvalue weighted by Crippen LogP contribution is -2.37. The molecular formula is C26H19N4O2S+. The fraction of sp³-hybridized carbons (Fsp3) is 0.0385. The van der Waals surface area contributed by atoms with Crippen molar-refractivity contribution in [2.45, 2.75) is 6.54 Å². The molecule has 33 heavy (non-hydrogen) atoms. The predicted octanol–water partition coefficient (Wildman–Crippen LogP) is 4.78. The summed E-state index contributed by atoms with van der Waals surface area (Å²) in [6, 6.07) is 22.4. The topological polar surface area (TPSA) is 75.8 Å². The van der Waals surface area contributed by atoms with Gasteiger partial charge in [-0.3, -0.25) is 14.9 Å². The first-order valence-electron chi connectivity index (χ1n) is 10.4. The smallest absolute Gasteiger partial charge is 0.258 e. The molecule has 0 aliphatic carbocycles. The van der Waals surface area contributed by atoms with Crippen LogP contribution in [0.1, 0.15) is 20.7 Å². The minimum absolute atomic E-state index is 0.0401. The van der Waals surface area contributed by atoms with E-state index in [0.29, 0.717) is 22.0 Å². The first-order valence-corrected chi connectivity index (χ1v) is 11.2. The van der Waals surface area contributed by atoms with Crippen molar-refractivity contribution in [1.82, 2.24) is 9.97 Å². The number of carbonyl (C=O) groups is 2. The van der Waals surface area contributed by atoms with Gasteiger partial charge in [-0.25, -0.2) is 9.97 Å². The molecule has 0 bridgehead atoms. The van der Waals surface area contributed by atoms with E-state index in [0.717, 1.165) is 16.5 Å². The van der Waals surface area contributed by atoms with Gasteiger partial charge in [0, 0.05) is 40.2 Å². The number of amides is 1. The second-order valence-electron chi connectivity index (χ2n) is 7.41. The molecule has 0 spiro atoms. The van der Waals surface area contributed by atoms with Crippen molar-refractivity contribution >= 4 is 39.1 Å². The maximum absolute atomic E-state index is 13.0. The summed E-state index contributed by atoms with van der Waals surface area (Å²) < 4.78 is 1.83. The van der Waals surface area contributed by atoms with Gasteiger partial charge < -0.3 is 0 Å². The van der Waals surface area contributed by atoms with Gasteiger partial charge in [0.2, 0.25) is 12.3 Å². The molecule has 0 saturated heterocycles.